The lowest BCUT2D eigenvalue weighted by molar-refractivity contribution is -0.143. The summed E-state index contributed by atoms with van der Waals surface area (Å²) in [5.74, 6) is -1.08. The van der Waals surface area contributed by atoms with Crippen LogP contribution in [0.1, 0.15) is 19.3 Å². The highest BCUT2D eigenvalue weighted by atomic mass is 16.4. The van der Waals surface area contributed by atoms with Crippen LogP contribution in [-0.2, 0) is 4.79 Å². The highest BCUT2D eigenvalue weighted by molar-refractivity contribution is 5.70. The van der Waals surface area contributed by atoms with Gasteiger partial charge in [0, 0.05) is 25.2 Å². The van der Waals surface area contributed by atoms with E-state index in [2.05, 4.69) is 11.4 Å². The molecule has 2 rings (SSSR count). The minimum atomic E-state index is -0.745. The van der Waals surface area contributed by atoms with Gasteiger partial charge in [-0.15, -0.1) is 0 Å². The molecule has 2 atom stereocenters. The first kappa shape index (κ1) is 11.4. The number of nitrogens with zero attached hydrogens (tertiary/aromatic N) is 2. The van der Waals surface area contributed by atoms with Crippen molar-refractivity contribution in [3.8, 4) is 6.07 Å². The number of piperidine rings is 1. The summed E-state index contributed by atoms with van der Waals surface area (Å²) in [5.41, 5.74) is 0. The van der Waals surface area contributed by atoms with E-state index in [4.69, 9.17) is 10.4 Å². The van der Waals surface area contributed by atoms with Crippen LogP contribution in [0.3, 0.4) is 0 Å². The molecule has 0 amide bonds. The van der Waals surface area contributed by atoms with Gasteiger partial charge in [-0.25, -0.2) is 0 Å². The minimum Gasteiger partial charge on any atom is -0.481 e. The molecule has 0 aromatic rings. The maximum atomic E-state index is 11.0. The largest absolute Gasteiger partial charge is 0.481 e. The normalized spacial score (nSPS) is 30.9. The van der Waals surface area contributed by atoms with Crippen molar-refractivity contribution in [3.05, 3.63) is 0 Å². The molecule has 0 radical (unpaired) electrons. The Hall–Kier alpha value is -1.12. The van der Waals surface area contributed by atoms with E-state index in [0.717, 1.165) is 6.54 Å². The Morgan fingerprint density at radius 2 is 2.19 bits per heavy atom. The van der Waals surface area contributed by atoms with Crippen molar-refractivity contribution < 1.29 is 9.90 Å². The van der Waals surface area contributed by atoms with Crippen LogP contribution in [0.2, 0.25) is 0 Å². The Morgan fingerprint density at radius 3 is 2.75 bits per heavy atom. The van der Waals surface area contributed by atoms with E-state index in [-0.39, 0.29) is 12.0 Å². The van der Waals surface area contributed by atoms with Crippen LogP contribution in [0.5, 0.6) is 0 Å². The average Bonchev–Trinajstić information content (AvgIpc) is 3.01. The number of carboxylic acids is 1. The van der Waals surface area contributed by atoms with Gasteiger partial charge in [-0.05, 0) is 19.3 Å². The number of aliphatic carboxylic acids is 1. The number of likely N-dealkylation sites (tertiary alicyclic amines) is 1. The molecular formula is C11H17N3O2. The van der Waals surface area contributed by atoms with E-state index in [1.165, 1.54) is 12.8 Å². The maximum absolute atomic E-state index is 11.0. The fourth-order valence-corrected chi connectivity index (χ4v) is 2.30. The number of carbonyl (C=O) groups is 1. The van der Waals surface area contributed by atoms with Gasteiger partial charge in [0.25, 0.3) is 0 Å². The molecule has 0 aromatic carbocycles. The summed E-state index contributed by atoms with van der Waals surface area (Å²) >= 11 is 0. The van der Waals surface area contributed by atoms with E-state index in [1.54, 1.807) is 0 Å². The molecule has 88 valence electrons. The molecule has 1 aliphatic heterocycles. The van der Waals surface area contributed by atoms with Gasteiger partial charge >= 0.3 is 5.97 Å². The van der Waals surface area contributed by atoms with Gasteiger partial charge in [-0.3, -0.25) is 9.69 Å². The van der Waals surface area contributed by atoms with Gasteiger partial charge in [0.1, 0.15) is 0 Å². The second-order valence-corrected chi connectivity index (χ2v) is 4.76. The molecule has 5 heteroatoms. The van der Waals surface area contributed by atoms with E-state index in [0.29, 0.717) is 25.6 Å². The summed E-state index contributed by atoms with van der Waals surface area (Å²) in [6.45, 7) is 1.63. The molecule has 2 N–H and O–H groups in total. The molecule has 1 heterocycles. The molecule has 1 saturated carbocycles. The SMILES string of the molecule is N#CCN1CC(NC2CC2)CC(C(=O)O)C1. The lowest BCUT2D eigenvalue weighted by atomic mass is 9.94. The summed E-state index contributed by atoms with van der Waals surface area (Å²) in [6, 6.07) is 2.91. The number of nitriles is 1. The molecule has 1 aliphatic carbocycles. The highest BCUT2D eigenvalue weighted by Crippen LogP contribution is 2.23. The first-order valence-corrected chi connectivity index (χ1v) is 5.77. The second kappa shape index (κ2) is 4.81. The lowest BCUT2D eigenvalue weighted by Crippen LogP contribution is -2.51. The van der Waals surface area contributed by atoms with Gasteiger partial charge in [0.05, 0.1) is 18.5 Å². The molecule has 5 nitrogen and oxygen atoms in total. The van der Waals surface area contributed by atoms with Crippen LogP contribution >= 0.6 is 0 Å². The monoisotopic (exact) mass is 223 g/mol. The smallest absolute Gasteiger partial charge is 0.307 e. The summed E-state index contributed by atoms with van der Waals surface area (Å²) < 4.78 is 0. The van der Waals surface area contributed by atoms with Crippen molar-refractivity contribution in [1.29, 1.82) is 5.26 Å². The van der Waals surface area contributed by atoms with Crippen LogP contribution < -0.4 is 5.32 Å². The predicted molar refractivity (Wildman–Crippen MR) is 57.7 cm³/mol. The van der Waals surface area contributed by atoms with Crippen LogP contribution in [-0.4, -0.2) is 47.7 Å². The molecule has 2 aliphatic rings. The fourth-order valence-electron chi connectivity index (χ4n) is 2.30. The molecule has 2 unspecified atom stereocenters. The number of hydrogen-bond acceptors (Lipinski definition) is 4. The summed E-state index contributed by atoms with van der Waals surface area (Å²) in [7, 11) is 0. The van der Waals surface area contributed by atoms with E-state index >= 15 is 0 Å². The van der Waals surface area contributed by atoms with Gasteiger partial charge in [-0.1, -0.05) is 0 Å². The Kier molecular flexibility index (Phi) is 3.42. The van der Waals surface area contributed by atoms with E-state index in [1.807, 2.05) is 4.90 Å². The molecule has 16 heavy (non-hydrogen) atoms. The standard InChI is InChI=1S/C11H17N3O2/c12-3-4-14-6-8(11(15)16)5-10(7-14)13-9-1-2-9/h8-10,13H,1-2,4-7H2,(H,15,16). The van der Waals surface area contributed by atoms with E-state index in [9.17, 15) is 4.79 Å². The molecular weight excluding hydrogens is 206 g/mol. The van der Waals surface area contributed by atoms with Crippen LogP contribution in [0.15, 0.2) is 0 Å². The minimum absolute atomic E-state index is 0.232. The van der Waals surface area contributed by atoms with Crippen molar-refractivity contribution in [1.82, 2.24) is 10.2 Å². The van der Waals surface area contributed by atoms with Crippen molar-refractivity contribution in [2.75, 3.05) is 19.6 Å². The Morgan fingerprint density at radius 1 is 1.44 bits per heavy atom. The molecule has 2 fully saturated rings. The summed E-state index contributed by atoms with van der Waals surface area (Å²) in [5, 5.41) is 21.2. The zero-order valence-corrected chi connectivity index (χ0v) is 9.22. The number of hydrogen-bond donors (Lipinski definition) is 2. The van der Waals surface area contributed by atoms with Gasteiger partial charge in [0.2, 0.25) is 0 Å². The maximum Gasteiger partial charge on any atom is 0.307 e. The Bertz CT molecular complexity index is 309. The highest BCUT2D eigenvalue weighted by Gasteiger charge is 2.34. The lowest BCUT2D eigenvalue weighted by Gasteiger charge is -2.35. The predicted octanol–water partition coefficient (Wildman–Crippen LogP) is 0.0371. The van der Waals surface area contributed by atoms with Crippen molar-refractivity contribution in [2.24, 2.45) is 5.92 Å². The van der Waals surface area contributed by atoms with Crippen LogP contribution in [0.4, 0.5) is 0 Å². The summed E-state index contributed by atoms with van der Waals surface area (Å²) in [6.07, 6.45) is 3.09. The number of carboxylic acid groups (broad SMARTS) is 1. The van der Waals surface area contributed by atoms with E-state index < -0.39 is 5.97 Å². The first-order chi connectivity index (χ1) is 7.69. The average molecular weight is 223 g/mol. The molecule has 0 aromatic heterocycles. The third kappa shape index (κ3) is 2.94. The van der Waals surface area contributed by atoms with Gasteiger partial charge in [0.15, 0.2) is 0 Å². The fraction of sp³-hybridized carbons (Fsp3) is 0.818. The van der Waals surface area contributed by atoms with Crippen molar-refractivity contribution in [3.63, 3.8) is 0 Å². The third-order valence-corrected chi connectivity index (χ3v) is 3.22. The quantitative estimate of drug-likeness (QED) is 0.658. The molecule has 1 saturated heterocycles. The van der Waals surface area contributed by atoms with Crippen LogP contribution in [0, 0.1) is 17.2 Å². The van der Waals surface area contributed by atoms with Crippen molar-refractivity contribution >= 4 is 5.97 Å². The second-order valence-electron chi connectivity index (χ2n) is 4.76. The van der Waals surface area contributed by atoms with Gasteiger partial charge in [-0.2, -0.15) is 5.26 Å². The zero-order valence-electron chi connectivity index (χ0n) is 9.22. The number of rotatable bonds is 4. The molecule has 0 spiro atoms. The Labute approximate surface area is 95.0 Å². The topological polar surface area (TPSA) is 76.4 Å². The summed E-state index contributed by atoms with van der Waals surface area (Å²) in [4.78, 5) is 12.9. The number of nitrogens with one attached hydrogen (secondary N) is 1. The third-order valence-electron chi connectivity index (χ3n) is 3.22. The first-order valence-electron chi connectivity index (χ1n) is 5.77. The van der Waals surface area contributed by atoms with Crippen molar-refractivity contribution in [2.45, 2.75) is 31.3 Å². The van der Waals surface area contributed by atoms with Crippen LogP contribution in [0.25, 0.3) is 0 Å². The zero-order chi connectivity index (χ0) is 11.5. The van der Waals surface area contributed by atoms with Gasteiger partial charge < -0.3 is 10.4 Å². The molecule has 0 bridgehead atoms. The Balaban J connectivity index is 1.92.